The number of benzene rings is 3. The number of rotatable bonds is 7. The van der Waals surface area contributed by atoms with Gasteiger partial charge in [-0.05, 0) is 42.0 Å². The molecule has 0 fully saturated rings. The molecule has 0 spiro atoms. The van der Waals surface area contributed by atoms with Gasteiger partial charge in [0.1, 0.15) is 6.61 Å². The van der Waals surface area contributed by atoms with Gasteiger partial charge in [-0.1, -0.05) is 56.3 Å². The minimum Gasteiger partial charge on any atom is -0.457 e. The maximum absolute atomic E-state index is 12.6. The van der Waals surface area contributed by atoms with E-state index in [0.717, 1.165) is 0 Å². The average Bonchev–Trinajstić information content (AvgIpc) is 2.78. The molecule has 0 aliphatic heterocycles. The van der Waals surface area contributed by atoms with E-state index >= 15 is 0 Å². The van der Waals surface area contributed by atoms with E-state index in [1.165, 1.54) is 12.1 Å². The Bertz CT molecular complexity index is 1170. The summed E-state index contributed by atoms with van der Waals surface area (Å²) in [7, 11) is -3.60. The van der Waals surface area contributed by atoms with Crippen LogP contribution in [0.4, 0.5) is 5.69 Å². The van der Waals surface area contributed by atoms with Crippen molar-refractivity contribution in [2.75, 3.05) is 5.32 Å². The monoisotopic (exact) mass is 437 g/mol. The predicted octanol–water partition coefficient (Wildman–Crippen LogP) is 4.47. The summed E-state index contributed by atoms with van der Waals surface area (Å²) in [6, 6.07) is 21.0. The van der Waals surface area contributed by atoms with E-state index < -0.39 is 15.8 Å². The summed E-state index contributed by atoms with van der Waals surface area (Å²) in [5.74, 6) is -1.01. The van der Waals surface area contributed by atoms with Gasteiger partial charge in [0.05, 0.1) is 21.0 Å². The Kier molecular flexibility index (Phi) is 6.87. The van der Waals surface area contributed by atoms with E-state index in [9.17, 15) is 18.0 Å². The Morgan fingerprint density at radius 1 is 0.839 bits per heavy atom. The van der Waals surface area contributed by atoms with Gasteiger partial charge in [0.15, 0.2) is 0 Å². The number of carbonyl (C=O) groups is 2. The van der Waals surface area contributed by atoms with Gasteiger partial charge >= 0.3 is 5.97 Å². The van der Waals surface area contributed by atoms with E-state index in [2.05, 4.69) is 5.32 Å². The molecule has 1 N–H and O–H groups in total. The molecule has 1 amide bonds. The normalized spacial score (nSPS) is 11.2. The molecule has 0 radical (unpaired) electrons. The predicted molar refractivity (Wildman–Crippen MR) is 117 cm³/mol. The highest BCUT2D eigenvalue weighted by Crippen LogP contribution is 2.22. The van der Waals surface area contributed by atoms with Crippen LogP contribution < -0.4 is 5.32 Å². The summed E-state index contributed by atoms with van der Waals surface area (Å²) in [4.78, 5) is 24.9. The van der Waals surface area contributed by atoms with Crippen molar-refractivity contribution in [2.45, 2.75) is 30.2 Å². The number of esters is 1. The van der Waals surface area contributed by atoms with E-state index in [4.69, 9.17) is 4.74 Å². The van der Waals surface area contributed by atoms with Crippen molar-refractivity contribution in [3.63, 3.8) is 0 Å². The minimum atomic E-state index is -3.60. The van der Waals surface area contributed by atoms with E-state index in [0.29, 0.717) is 11.3 Å². The molecule has 0 heterocycles. The third-order valence-electron chi connectivity index (χ3n) is 4.59. The number of hydrogen-bond donors (Lipinski definition) is 1. The molecule has 3 rings (SSSR count). The third-order valence-corrected chi connectivity index (χ3v) is 6.37. The molecule has 160 valence electrons. The lowest BCUT2D eigenvalue weighted by atomic mass is 10.1. The highest BCUT2D eigenvalue weighted by atomic mass is 32.2. The van der Waals surface area contributed by atoms with Gasteiger partial charge in [0.2, 0.25) is 15.7 Å². The summed E-state index contributed by atoms with van der Waals surface area (Å²) in [5.41, 5.74) is 1.28. The van der Waals surface area contributed by atoms with Crippen molar-refractivity contribution in [3.8, 4) is 0 Å². The van der Waals surface area contributed by atoms with Crippen molar-refractivity contribution in [3.05, 3.63) is 90.0 Å². The van der Waals surface area contributed by atoms with Gasteiger partial charge < -0.3 is 10.1 Å². The van der Waals surface area contributed by atoms with Gasteiger partial charge in [-0.15, -0.1) is 0 Å². The first-order chi connectivity index (χ1) is 14.8. The molecule has 0 unspecified atom stereocenters. The van der Waals surface area contributed by atoms with Crippen LogP contribution in [0.15, 0.2) is 88.7 Å². The maximum atomic E-state index is 12.6. The first-order valence-corrected chi connectivity index (χ1v) is 11.2. The Balaban J connectivity index is 1.69. The molecule has 7 heteroatoms. The average molecular weight is 438 g/mol. The zero-order valence-corrected chi connectivity index (χ0v) is 18.1. The SMILES string of the molecule is CC(C)C(=O)Nc1ccccc1C(=O)OCc1ccc(S(=O)(=O)c2ccccc2)cc1. The van der Waals surface area contributed by atoms with Gasteiger partial charge in [-0.3, -0.25) is 4.79 Å². The first-order valence-electron chi connectivity index (χ1n) is 9.75. The Labute approximate surface area is 181 Å². The Morgan fingerprint density at radius 2 is 1.42 bits per heavy atom. The largest absolute Gasteiger partial charge is 0.457 e. The van der Waals surface area contributed by atoms with Crippen LogP contribution in [0.3, 0.4) is 0 Å². The fraction of sp³-hybridized carbons (Fsp3) is 0.167. The second kappa shape index (κ2) is 9.57. The number of para-hydroxylation sites is 1. The maximum Gasteiger partial charge on any atom is 0.340 e. The van der Waals surface area contributed by atoms with E-state index in [-0.39, 0.29) is 33.8 Å². The van der Waals surface area contributed by atoms with Crippen LogP contribution in [0.25, 0.3) is 0 Å². The molecule has 0 saturated heterocycles. The summed E-state index contributed by atoms with van der Waals surface area (Å²) >= 11 is 0. The van der Waals surface area contributed by atoms with Crippen LogP contribution in [0, 0.1) is 5.92 Å². The summed E-state index contributed by atoms with van der Waals surface area (Å²) in [6.45, 7) is 3.49. The molecule has 3 aromatic carbocycles. The number of anilines is 1. The molecule has 0 aliphatic carbocycles. The molecule has 0 aromatic heterocycles. The van der Waals surface area contributed by atoms with Crippen LogP contribution in [-0.2, 0) is 26.0 Å². The van der Waals surface area contributed by atoms with Crippen molar-refractivity contribution < 1.29 is 22.7 Å². The molecule has 3 aromatic rings. The summed E-state index contributed by atoms with van der Waals surface area (Å²) in [6.07, 6.45) is 0. The Hall–Kier alpha value is -3.45. The van der Waals surface area contributed by atoms with Gasteiger partial charge in [-0.2, -0.15) is 0 Å². The summed E-state index contributed by atoms with van der Waals surface area (Å²) in [5, 5.41) is 2.72. The molecular weight excluding hydrogens is 414 g/mol. The lowest BCUT2D eigenvalue weighted by molar-refractivity contribution is -0.118. The van der Waals surface area contributed by atoms with Crippen LogP contribution in [0.5, 0.6) is 0 Å². The molecule has 6 nitrogen and oxygen atoms in total. The Morgan fingerprint density at radius 3 is 2.06 bits per heavy atom. The van der Waals surface area contributed by atoms with Crippen molar-refractivity contribution in [1.29, 1.82) is 0 Å². The van der Waals surface area contributed by atoms with Gasteiger partial charge in [0.25, 0.3) is 0 Å². The van der Waals surface area contributed by atoms with Gasteiger partial charge in [0, 0.05) is 5.92 Å². The molecule has 0 bridgehead atoms. The minimum absolute atomic E-state index is 0.0308. The zero-order chi connectivity index (χ0) is 22.4. The molecular formula is C24H23NO5S. The summed E-state index contributed by atoms with van der Waals surface area (Å²) < 4.78 is 30.7. The number of carbonyl (C=O) groups excluding carboxylic acids is 2. The van der Waals surface area contributed by atoms with Crippen LogP contribution in [0.1, 0.15) is 29.8 Å². The first kappa shape index (κ1) is 22.2. The molecule has 0 saturated carbocycles. The topological polar surface area (TPSA) is 89.5 Å². The lowest BCUT2D eigenvalue weighted by Crippen LogP contribution is -2.20. The standard InChI is InChI=1S/C24H23NO5S/c1-17(2)23(26)25-22-11-7-6-10-21(22)24(27)30-16-18-12-14-20(15-13-18)31(28,29)19-8-4-3-5-9-19/h3-15,17H,16H2,1-2H3,(H,25,26). The second-order valence-electron chi connectivity index (χ2n) is 7.23. The van der Waals surface area contributed by atoms with Crippen molar-refractivity contribution in [2.24, 2.45) is 5.92 Å². The number of nitrogens with one attached hydrogen (secondary N) is 1. The second-order valence-corrected chi connectivity index (χ2v) is 9.18. The van der Waals surface area contributed by atoms with Gasteiger partial charge in [-0.25, -0.2) is 13.2 Å². The number of sulfone groups is 1. The zero-order valence-electron chi connectivity index (χ0n) is 17.2. The van der Waals surface area contributed by atoms with Crippen molar-refractivity contribution in [1.82, 2.24) is 0 Å². The van der Waals surface area contributed by atoms with Crippen LogP contribution >= 0.6 is 0 Å². The number of ether oxygens (including phenoxy) is 1. The van der Waals surface area contributed by atoms with E-state index in [1.807, 2.05) is 0 Å². The number of amides is 1. The molecule has 0 atom stereocenters. The molecule has 0 aliphatic rings. The highest BCUT2D eigenvalue weighted by molar-refractivity contribution is 7.91. The highest BCUT2D eigenvalue weighted by Gasteiger charge is 2.18. The van der Waals surface area contributed by atoms with E-state index in [1.54, 1.807) is 80.6 Å². The quantitative estimate of drug-likeness (QED) is 0.551. The number of hydrogen-bond acceptors (Lipinski definition) is 5. The molecule has 31 heavy (non-hydrogen) atoms. The van der Waals surface area contributed by atoms with Crippen molar-refractivity contribution >= 4 is 27.4 Å². The third kappa shape index (κ3) is 5.38. The fourth-order valence-electron chi connectivity index (χ4n) is 2.77. The van der Waals surface area contributed by atoms with Crippen LogP contribution in [0.2, 0.25) is 0 Å². The fourth-order valence-corrected chi connectivity index (χ4v) is 4.06. The lowest BCUT2D eigenvalue weighted by Gasteiger charge is -2.12. The smallest absolute Gasteiger partial charge is 0.340 e. The van der Waals surface area contributed by atoms with Crippen LogP contribution in [-0.4, -0.2) is 20.3 Å².